The van der Waals surface area contributed by atoms with E-state index in [1.165, 1.54) is 13.8 Å². The number of benzene rings is 3. The largest absolute Gasteiger partial charge is 0.505 e. The molecule has 29 heavy (non-hydrogen) atoms. The van der Waals surface area contributed by atoms with Crippen LogP contribution in [-0.4, -0.2) is 21.2 Å². The summed E-state index contributed by atoms with van der Waals surface area (Å²) in [5, 5.41) is 24.6. The first-order valence-electron chi connectivity index (χ1n) is 8.78. The Bertz CT molecular complexity index is 1310. The van der Waals surface area contributed by atoms with Crippen LogP contribution in [0.25, 0.3) is 21.7 Å². The highest BCUT2D eigenvalue weighted by atomic mass is 32.1. The molecule has 0 aliphatic carbocycles. The average molecular weight is 404 g/mol. The second-order valence-electron chi connectivity index (χ2n) is 6.50. The number of carbonyl (C=O) groups is 2. The average Bonchev–Trinajstić information content (AvgIpc) is 3.08. The monoisotopic (exact) mass is 404 g/mol. The second kappa shape index (κ2) is 7.40. The summed E-state index contributed by atoms with van der Waals surface area (Å²) in [5.74, 6) is -0.631. The number of anilines is 1. The molecular formula is C21H16N4O3S. The molecule has 0 atom stereocenters. The van der Waals surface area contributed by atoms with Crippen LogP contribution in [0.3, 0.4) is 0 Å². The number of nitrogens with one attached hydrogen (secondary N) is 1. The van der Waals surface area contributed by atoms with E-state index in [-0.39, 0.29) is 28.7 Å². The molecule has 0 spiro atoms. The maximum Gasteiger partial charge on any atom is 0.221 e. The van der Waals surface area contributed by atoms with E-state index in [0.29, 0.717) is 16.1 Å². The summed E-state index contributed by atoms with van der Waals surface area (Å²) in [5.41, 5.74) is 1.78. The predicted molar refractivity (Wildman–Crippen MR) is 114 cm³/mol. The Labute approximate surface area is 169 Å². The Morgan fingerprint density at radius 2 is 1.83 bits per heavy atom. The van der Waals surface area contributed by atoms with Gasteiger partial charge in [-0.1, -0.05) is 24.3 Å². The number of nitrogens with zero attached hydrogens (tertiary/aromatic N) is 3. The van der Waals surface area contributed by atoms with Gasteiger partial charge >= 0.3 is 0 Å². The zero-order chi connectivity index (χ0) is 20.5. The number of phenolic OH excluding ortho intramolecular Hbond substituents is 1. The van der Waals surface area contributed by atoms with E-state index >= 15 is 0 Å². The lowest BCUT2D eigenvalue weighted by Crippen LogP contribution is -2.05. The molecule has 144 valence electrons. The first-order valence-corrected chi connectivity index (χ1v) is 9.56. The molecular weight excluding hydrogens is 388 g/mol. The van der Waals surface area contributed by atoms with E-state index in [4.69, 9.17) is 0 Å². The van der Waals surface area contributed by atoms with E-state index in [1.54, 1.807) is 24.3 Å². The molecule has 0 bridgehead atoms. The fourth-order valence-corrected chi connectivity index (χ4v) is 3.75. The SMILES string of the molecule is CC(=O)Nc1ccc2nsc(N=Nc3c(O)c(C(C)=O)cc4ccccc34)c2c1. The van der Waals surface area contributed by atoms with Gasteiger partial charge in [-0.3, -0.25) is 9.59 Å². The summed E-state index contributed by atoms with van der Waals surface area (Å²) in [4.78, 5) is 23.2. The van der Waals surface area contributed by atoms with Crippen LogP contribution in [0.4, 0.5) is 16.4 Å². The smallest absolute Gasteiger partial charge is 0.221 e. The third-order valence-corrected chi connectivity index (χ3v) is 5.16. The molecule has 0 saturated carbocycles. The molecule has 8 heteroatoms. The van der Waals surface area contributed by atoms with Gasteiger partial charge in [-0.25, -0.2) is 0 Å². The van der Waals surface area contributed by atoms with Crippen molar-refractivity contribution in [1.29, 1.82) is 0 Å². The number of fused-ring (bicyclic) bond motifs is 2. The molecule has 0 saturated heterocycles. The Morgan fingerprint density at radius 3 is 2.59 bits per heavy atom. The number of carbonyl (C=O) groups excluding carboxylic acids is 2. The molecule has 0 aliphatic rings. The minimum atomic E-state index is -0.257. The summed E-state index contributed by atoms with van der Waals surface area (Å²) in [6.45, 7) is 2.83. The number of Topliss-reactive ketones (excluding diaryl/α,β-unsaturated/α-hetero) is 1. The third kappa shape index (κ3) is 3.57. The van der Waals surface area contributed by atoms with Gasteiger partial charge in [0.15, 0.2) is 16.5 Å². The van der Waals surface area contributed by atoms with E-state index in [2.05, 4.69) is 19.9 Å². The number of hydrogen-bond donors (Lipinski definition) is 2. The van der Waals surface area contributed by atoms with Crippen molar-refractivity contribution in [3.05, 3.63) is 54.1 Å². The maximum atomic E-state index is 11.9. The molecule has 0 aliphatic heterocycles. The lowest BCUT2D eigenvalue weighted by atomic mass is 10.0. The van der Waals surface area contributed by atoms with Gasteiger partial charge in [-0.2, -0.15) is 4.37 Å². The first-order chi connectivity index (χ1) is 13.9. The van der Waals surface area contributed by atoms with Gasteiger partial charge < -0.3 is 10.4 Å². The lowest BCUT2D eigenvalue weighted by molar-refractivity contribution is -0.114. The van der Waals surface area contributed by atoms with Gasteiger partial charge in [-0.05, 0) is 48.1 Å². The Kier molecular flexibility index (Phi) is 4.77. The minimum absolute atomic E-state index is 0.173. The molecule has 1 heterocycles. The summed E-state index contributed by atoms with van der Waals surface area (Å²) >= 11 is 1.16. The van der Waals surface area contributed by atoms with Crippen molar-refractivity contribution in [1.82, 2.24) is 4.37 Å². The molecule has 4 aromatic rings. The van der Waals surface area contributed by atoms with E-state index in [9.17, 15) is 14.7 Å². The number of aromatic nitrogens is 1. The molecule has 2 N–H and O–H groups in total. The van der Waals surface area contributed by atoms with Crippen LogP contribution in [0.5, 0.6) is 5.75 Å². The van der Waals surface area contributed by atoms with Gasteiger partial charge in [0.1, 0.15) is 5.69 Å². The zero-order valence-electron chi connectivity index (χ0n) is 15.6. The topological polar surface area (TPSA) is 104 Å². The van der Waals surface area contributed by atoms with Crippen LogP contribution in [-0.2, 0) is 4.79 Å². The molecule has 0 radical (unpaired) electrons. The van der Waals surface area contributed by atoms with Gasteiger partial charge in [0.2, 0.25) is 5.91 Å². The lowest BCUT2D eigenvalue weighted by Gasteiger charge is -2.08. The van der Waals surface area contributed by atoms with Crippen LogP contribution in [0.15, 0.2) is 58.8 Å². The van der Waals surface area contributed by atoms with E-state index in [0.717, 1.165) is 27.8 Å². The standard InChI is InChI=1S/C21H16N4O3S/c1-11(26)16-9-13-5-3-4-6-15(13)19(20(16)28)23-24-21-17-10-14(22-12(2)27)7-8-18(17)25-29-21/h3-10,28H,1-2H3,(H,22,27). The number of amides is 1. The number of aromatic hydroxyl groups is 1. The molecule has 4 rings (SSSR count). The van der Waals surface area contributed by atoms with Crippen LogP contribution in [0, 0.1) is 0 Å². The minimum Gasteiger partial charge on any atom is -0.505 e. The fraction of sp³-hybridized carbons (Fsp3) is 0.0952. The highest BCUT2D eigenvalue weighted by Crippen LogP contribution is 2.41. The number of ketones is 1. The van der Waals surface area contributed by atoms with Gasteiger partial charge in [0.25, 0.3) is 0 Å². The van der Waals surface area contributed by atoms with Crippen LogP contribution in [0.2, 0.25) is 0 Å². The van der Waals surface area contributed by atoms with Crippen molar-refractivity contribution < 1.29 is 14.7 Å². The molecule has 1 amide bonds. The van der Waals surface area contributed by atoms with Crippen molar-refractivity contribution in [2.75, 3.05) is 5.32 Å². The third-order valence-electron chi connectivity index (χ3n) is 4.39. The Balaban J connectivity index is 1.84. The Hall–Kier alpha value is -3.65. The summed E-state index contributed by atoms with van der Waals surface area (Å²) in [7, 11) is 0. The normalized spacial score (nSPS) is 11.4. The molecule has 0 unspecified atom stereocenters. The van der Waals surface area contributed by atoms with Crippen molar-refractivity contribution in [2.45, 2.75) is 13.8 Å². The van der Waals surface area contributed by atoms with Crippen LogP contribution < -0.4 is 5.32 Å². The van der Waals surface area contributed by atoms with Gasteiger partial charge in [0.05, 0.1) is 11.1 Å². The molecule has 1 aromatic heterocycles. The van der Waals surface area contributed by atoms with Crippen molar-refractivity contribution in [3.8, 4) is 5.75 Å². The molecule has 3 aromatic carbocycles. The van der Waals surface area contributed by atoms with Gasteiger partial charge in [0, 0.05) is 23.4 Å². The fourth-order valence-electron chi connectivity index (χ4n) is 3.06. The summed E-state index contributed by atoms with van der Waals surface area (Å²) in [6.07, 6.45) is 0. The van der Waals surface area contributed by atoms with E-state index < -0.39 is 0 Å². The second-order valence-corrected chi connectivity index (χ2v) is 7.25. The van der Waals surface area contributed by atoms with Crippen LogP contribution in [0.1, 0.15) is 24.2 Å². The quantitative estimate of drug-likeness (QED) is 0.335. The highest BCUT2D eigenvalue weighted by Gasteiger charge is 2.16. The van der Waals surface area contributed by atoms with Crippen molar-refractivity contribution in [3.63, 3.8) is 0 Å². The summed E-state index contributed by atoms with van der Waals surface area (Å²) in [6, 6.07) is 14.3. The highest BCUT2D eigenvalue weighted by molar-refractivity contribution is 7.11. The zero-order valence-corrected chi connectivity index (χ0v) is 16.4. The number of phenols is 1. The molecule has 7 nitrogen and oxygen atoms in total. The molecule has 0 fully saturated rings. The van der Waals surface area contributed by atoms with Gasteiger partial charge in [-0.15, -0.1) is 10.2 Å². The van der Waals surface area contributed by atoms with Crippen LogP contribution >= 0.6 is 11.5 Å². The summed E-state index contributed by atoms with van der Waals surface area (Å²) < 4.78 is 4.34. The maximum absolute atomic E-state index is 11.9. The van der Waals surface area contributed by atoms with Crippen molar-refractivity contribution in [2.24, 2.45) is 10.2 Å². The first kappa shape index (κ1) is 18.7. The van der Waals surface area contributed by atoms with Crippen molar-refractivity contribution >= 4 is 61.3 Å². The number of hydrogen-bond acceptors (Lipinski definition) is 7. The number of azo groups is 1. The predicted octanol–water partition coefficient (Wildman–Crippen LogP) is 5.73. The number of rotatable bonds is 4. The Morgan fingerprint density at radius 1 is 1.03 bits per heavy atom. The van der Waals surface area contributed by atoms with E-state index in [1.807, 2.05) is 24.3 Å².